The Balaban J connectivity index is 1.83. The molecule has 0 fully saturated rings. The van der Waals surface area contributed by atoms with Crippen LogP contribution in [0.15, 0.2) is 83.8 Å². The molecular formula is C25H26IN3O5S. The number of carbonyl (C=O) groups excluding carboxylic acids is 2. The molecule has 0 heterocycles. The number of ether oxygens (including phenoxy) is 1. The maximum absolute atomic E-state index is 13.4. The molecule has 2 amide bonds. The summed E-state index contributed by atoms with van der Waals surface area (Å²) in [5.74, 6) is -0.925. The summed E-state index contributed by atoms with van der Waals surface area (Å²) in [5, 5.41) is 5.48. The topological polar surface area (TPSA) is 105 Å². The van der Waals surface area contributed by atoms with Crippen molar-refractivity contribution >= 4 is 55.8 Å². The van der Waals surface area contributed by atoms with E-state index < -0.39 is 22.5 Å². The number of benzene rings is 3. The smallest absolute Gasteiger partial charge is 0.264 e. The number of hydrogen-bond donors (Lipinski definition) is 2. The number of rotatable bonds is 11. The average Bonchev–Trinajstić information content (AvgIpc) is 2.86. The minimum atomic E-state index is -4.02. The van der Waals surface area contributed by atoms with Crippen LogP contribution in [0.1, 0.15) is 16.8 Å². The normalized spacial score (nSPS) is 11.0. The number of anilines is 2. The van der Waals surface area contributed by atoms with Crippen LogP contribution in [0, 0.1) is 3.57 Å². The highest BCUT2D eigenvalue weighted by molar-refractivity contribution is 14.1. The van der Waals surface area contributed by atoms with Crippen molar-refractivity contribution in [3.8, 4) is 0 Å². The Hall–Kier alpha value is -2.96. The van der Waals surface area contributed by atoms with Crippen molar-refractivity contribution in [2.75, 3.05) is 36.4 Å². The molecule has 0 bridgehead atoms. The zero-order valence-corrected chi connectivity index (χ0v) is 22.1. The second-order valence-corrected chi connectivity index (χ2v) is 10.6. The summed E-state index contributed by atoms with van der Waals surface area (Å²) in [4.78, 5) is 25.7. The van der Waals surface area contributed by atoms with Gasteiger partial charge in [0.15, 0.2) is 0 Å². The van der Waals surface area contributed by atoms with Crippen molar-refractivity contribution in [3.05, 3.63) is 88.0 Å². The lowest BCUT2D eigenvalue weighted by Crippen LogP contribution is -2.38. The molecule has 2 N–H and O–H groups in total. The summed E-state index contributed by atoms with van der Waals surface area (Å²) in [6.45, 7) is 0.468. The molecule has 0 aliphatic rings. The van der Waals surface area contributed by atoms with Gasteiger partial charge in [-0.15, -0.1) is 0 Å². The van der Waals surface area contributed by atoms with Gasteiger partial charge in [0.05, 0.1) is 21.8 Å². The average molecular weight is 607 g/mol. The monoisotopic (exact) mass is 607 g/mol. The standard InChI is InChI=1S/C25H26IN3O5S/c1-34-17-7-16-27-25(31)22-10-5-6-11-23(22)28-24(30)18-29(20-14-12-19(26)13-15-20)35(32,33)21-8-3-2-4-9-21/h2-6,8-15H,7,16-18H2,1H3,(H,27,31)(H,28,30). The summed E-state index contributed by atoms with van der Waals surface area (Å²) in [7, 11) is -2.43. The summed E-state index contributed by atoms with van der Waals surface area (Å²) in [5.41, 5.74) is 0.931. The maximum atomic E-state index is 13.4. The molecule has 35 heavy (non-hydrogen) atoms. The van der Waals surface area contributed by atoms with E-state index in [1.165, 1.54) is 12.1 Å². The van der Waals surface area contributed by atoms with Gasteiger partial charge in [-0.05, 0) is 77.5 Å². The molecule has 8 nitrogen and oxygen atoms in total. The molecule has 0 aliphatic heterocycles. The molecule has 0 radical (unpaired) electrons. The Bertz CT molecular complexity index is 1250. The molecular weight excluding hydrogens is 581 g/mol. The number of carbonyl (C=O) groups is 2. The molecule has 0 saturated heterocycles. The first-order chi connectivity index (χ1) is 16.8. The molecule has 0 atom stereocenters. The van der Waals surface area contributed by atoms with Crippen LogP contribution in [0.3, 0.4) is 0 Å². The fraction of sp³-hybridized carbons (Fsp3) is 0.200. The number of para-hydroxylation sites is 1. The third-order valence-electron chi connectivity index (χ3n) is 4.99. The second-order valence-electron chi connectivity index (χ2n) is 7.50. The van der Waals surface area contributed by atoms with Crippen LogP contribution in [-0.4, -0.2) is 47.0 Å². The molecule has 184 valence electrons. The van der Waals surface area contributed by atoms with E-state index in [9.17, 15) is 18.0 Å². The highest BCUT2D eigenvalue weighted by atomic mass is 127. The van der Waals surface area contributed by atoms with Crippen LogP contribution in [0.2, 0.25) is 0 Å². The van der Waals surface area contributed by atoms with E-state index in [-0.39, 0.29) is 16.4 Å². The van der Waals surface area contributed by atoms with Crippen LogP contribution in [0.25, 0.3) is 0 Å². The first-order valence-corrected chi connectivity index (χ1v) is 13.3. The molecule has 0 saturated carbocycles. The zero-order chi connectivity index (χ0) is 25.3. The third-order valence-corrected chi connectivity index (χ3v) is 7.50. The van der Waals surface area contributed by atoms with Crippen molar-refractivity contribution in [1.82, 2.24) is 5.32 Å². The lowest BCUT2D eigenvalue weighted by atomic mass is 10.1. The molecule has 3 aromatic carbocycles. The Morgan fingerprint density at radius 2 is 1.60 bits per heavy atom. The largest absolute Gasteiger partial charge is 0.385 e. The highest BCUT2D eigenvalue weighted by Gasteiger charge is 2.27. The van der Waals surface area contributed by atoms with Gasteiger partial charge in [-0.1, -0.05) is 30.3 Å². The van der Waals surface area contributed by atoms with Crippen LogP contribution >= 0.6 is 22.6 Å². The molecule has 0 unspecified atom stereocenters. The van der Waals surface area contributed by atoms with Crippen LogP contribution in [0.4, 0.5) is 11.4 Å². The summed E-state index contributed by atoms with van der Waals surface area (Å²) in [6.07, 6.45) is 0.652. The fourth-order valence-corrected chi connectivity index (χ4v) is 5.07. The van der Waals surface area contributed by atoms with E-state index in [1.54, 1.807) is 73.8 Å². The van der Waals surface area contributed by atoms with E-state index in [0.717, 1.165) is 7.88 Å². The summed E-state index contributed by atoms with van der Waals surface area (Å²) < 4.78 is 33.8. The predicted octanol–water partition coefficient (Wildman–Crippen LogP) is 3.89. The van der Waals surface area contributed by atoms with Crippen molar-refractivity contribution in [2.45, 2.75) is 11.3 Å². The lowest BCUT2D eigenvalue weighted by molar-refractivity contribution is -0.114. The number of nitrogens with one attached hydrogen (secondary N) is 2. The van der Waals surface area contributed by atoms with Crippen molar-refractivity contribution < 1.29 is 22.7 Å². The quantitative estimate of drug-likeness (QED) is 0.254. The number of methoxy groups -OCH3 is 1. The van der Waals surface area contributed by atoms with Gasteiger partial charge in [-0.25, -0.2) is 8.42 Å². The van der Waals surface area contributed by atoms with Crippen molar-refractivity contribution in [1.29, 1.82) is 0 Å². The van der Waals surface area contributed by atoms with Crippen LogP contribution < -0.4 is 14.9 Å². The van der Waals surface area contributed by atoms with E-state index in [4.69, 9.17) is 4.74 Å². The zero-order valence-electron chi connectivity index (χ0n) is 19.1. The van der Waals surface area contributed by atoms with Gasteiger partial charge < -0.3 is 15.4 Å². The first-order valence-electron chi connectivity index (χ1n) is 10.8. The maximum Gasteiger partial charge on any atom is 0.264 e. The van der Waals surface area contributed by atoms with Crippen molar-refractivity contribution in [3.63, 3.8) is 0 Å². The van der Waals surface area contributed by atoms with Crippen LogP contribution in [-0.2, 0) is 19.6 Å². The van der Waals surface area contributed by atoms with Crippen LogP contribution in [0.5, 0.6) is 0 Å². The Kier molecular flexibility index (Phi) is 9.64. The Labute approximate surface area is 218 Å². The molecule has 0 spiro atoms. The molecule has 3 rings (SSSR count). The number of halogens is 1. The van der Waals surface area contributed by atoms with Crippen molar-refractivity contribution in [2.24, 2.45) is 0 Å². The summed E-state index contributed by atoms with van der Waals surface area (Å²) in [6, 6.07) is 21.3. The predicted molar refractivity (Wildman–Crippen MR) is 144 cm³/mol. The van der Waals surface area contributed by atoms with Gasteiger partial charge >= 0.3 is 0 Å². The molecule has 3 aromatic rings. The molecule has 0 aromatic heterocycles. The highest BCUT2D eigenvalue weighted by Crippen LogP contribution is 2.25. The molecule has 10 heteroatoms. The van der Waals surface area contributed by atoms with Gasteiger partial charge in [0.25, 0.3) is 15.9 Å². The Morgan fingerprint density at radius 3 is 2.29 bits per heavy atom. The fourth-order valence-electron chi connectivity index (χ4n) is 3.27. The number of amides is 2. The van der Waals surface area contributed by atoms with E-state index in [0.29, 0.717) is 30.9 Å². The summed E-state index contributed by atoms with van der Waals surface area (Å²) >= 11 is 2.12. The minimum Gasteiger partial charge on any atom is -0.385 e. The van der Waals surface area contributed by atoms with Gasteiger partial charge in [0, 0.05) is 23.8 Å². The Morgan fingerprint density at radius 1 is 0.943 bits per heavy atom. The molecule has 0 aliphatic carbocycles. The number of nitrogens with zero attached hydrogens (tertiary/aromatic N) is 1. The SMILES string of the molecule is COCCCNC(=O)c1ccccc1NC(=O)CN(c1ccc(I)cc1)S(=O)(=O)c1ccccc1. The first kappa shape index (κ1) is 26.6. The minimum absolute atomic E-state index is 0.0715. The van der Waals surface area contributed by atoms with Gasteiger partial charge in [0.2, 0.25) is 5.91 Å². The lowest BCUT2D eigenvalue weighted by Gasteiger charge is -2.24. The van der Waals surface area contributed by atoms with Gasteiger partial charge in [-0.2, -0.15) is 0 Å². The van der Waals surface area contributed by atoms with Gasteiger partial charge in [-0.3, -0.25) is 13.9 Å². The van der Waals surface area contributed by atoms with E-state index in [1.807, 2.05) is 0 Å². The van der Waals surface area contributed by atoms with Gasteiger partial charge in [0.1, 0.15) is 6.54 Å². The second kappa shape index (κ2) is 12.7. The number of sulfonamides is 1. The third kappa shape index (κ3) is 7.26. The number of hydrogen-bond acceptors (Lipinski definition) is 5. The van der Waals surface area contributed by atoms with E-state index >= 15 is 0 Å². The van der Waals surface area contributed by atoms with E-state index in [2.05, 4.69) is 33.2 Å².